The van der Waals surface area contributed by atoms with Crippen LogP contribution in [0.1, 0.15) is 39.6 Å². The first-order valence-corrected chi connectivity index (χ1v) is 7.25. The number of amides is 1. The average molecular weight is 297 g/mol. The predicted octanol–water partition coefficient (Wildman–Crippen LogP) is 3.81. The lowest BCUT2D eigenvalue weighted by Crippen LogP contribution is -2.13. The molecule has 0 unspecified atom stereocenters. The van der Waals surface area contributed by atoms with Crippen LogP contribution in [0.4, 0.5) is 5.69 Å². The topological polar surface area (TPSA) is 55.4 Å². The molecule has 0 atom stereocenters. The van der Waals surface area contributed by atoms with Crippen molar-refractivity contribution in [3.05, 3.63) is 65.2 Å². The maximum absolute atomic E-state index is 12.2. The van der Waals surface area contributed by atoms with Crippen molar-refractivity contribution in [2.75, 3.05) is 11.9 Å². The first-order chi connectivity index (χ1) is 10.6. The Morgan fingerprint density at radius 3 is 2.50 bits per heavy atom. The van der Waals surface area contributed by atoms with Gasteiger partial charge in [0, 0.05) is 11.3 Å². The molecule has 0 heterocycles. The molecule has 0 radical (unpaired) electrons. The Morgan fingerprint density at radius 1 is 1.05 bits per heavy atom. The molecule has 114 valence electrons. The van der Waals surface area contributed by atoms with E-state index in [0.717, 1.165) is 12.0 Å². The van der Waals surface area contributed by atoms with E-state index in [2.05, 4.69) is 5.32 Å². The molecule has 0 saturated heterocycles. The van der Waals surface area contributed by atoms with Crippen molar-refractivity contribution < 1.29 is 14.3 Å². The summed E-state index contributed by atoms with van der Waals surface area (Å²) < 4.78 is 5.09. The number of carbonyl (C=O) groups is 2. The molecular weight excluding hydrogens is 278 g/mol. The van der Waals surface area contributed by atoms with Crippen molar-refractivity contribution in [3.8, 4) is 0 Å². The van der Waals surface area contributed by atoms with E-state index in [1.54, 1.807) is 30.3 Å². The third kappa shape index (κ3) is 4.19. The molecule has 0 bridgehead atoms. The fraction of sp³-hybridized carbons (Fsp3) is 0.222. The van der Waals surface area contributed by atoms with Crippen LogP contribution in [0.3, 0.4) is 0 Å². The van der Waals surface area contributed by atoms with Crippen molar-refractivity contribution in [2.45, 2.75) is 20.3 Å². The SMILES string of the molecule is CCCOC(=O)c1cccc(NC(=O)c2cccc(C)c2)c1. The van der Waals surface area contributed by atoms with Gasteiger partial charge < -0.3 is 10.1 Å². The van der Waals surface area contributed by atoms with E-state index in [1.165, 1.54) is 0 Å². The van der Waals surface area contributed by atoms with Crippen molar-refractivity contribution >= 4 is 17.6 Å². The molecule has 1 N–H and O–H groups in total. The van der Waals surface area contributed by atoms with Crippen molar-refractivity contribution in [2.24, 2.45) is 0 Å². The van der Waals surface area contributed by atoms with Gasteiger partial charge in [0.1, 0.15) is 0 Å². The molecule has 0 aromatic heterocycles. The molecule has 0 saturated carbocycles. The van der Waals surface area contributed by atoms with Gasteiger partial charge in [0.2, 0.25) is 0 Å². The maximum Gasteiger partial charge on any atom is 0.338 e. The van der Waals surface area contributed by atoms with Gasteiger partial charge in [0.15, 0.2) is 0 Å². The van der Waals surface area contributed by atoms with E-state index >= 15 is 0 Å². The van der Waals surface area contributed by atoms with Crippen LogP contribution in [-0.2, 0) is 4.74 Å². The summed E-state index contributed by atoms with van der Waals surface area (Å²) in [7, 11) is 0. The molecule has 0 aliphatic heterocycles. The van der Waals surface area contributed by atoms with Crippen molar-refractivity contribution in [3.63, 3.8) is 0 Å². The Morgan fingerprint density at radius 2 is 1.77 bits per heavy atom. The van der Waals surface area contributed by atoms with E-state index in [0.29, 0.717) is 23.4 Å². The third-order valence-corrected chi connectivity index (χ3v) is 3.07. The van der Waals surface area contributed by atoms with Crippen LogP contribution >= 0.6 is 0 Å². The van der Waals surface area contributed by atoms with Crippen molar-refractivity contribution in [1.82, 2.24) is 0 Å². The number of rotatable bonds is 5. The van der Waals surface area contributed by atoms with Gasteiger partial charge in [-0.05, 0) is 43.7 Å². The Kier molecular flexibility index (Phi) is 5.31. The fourth-order valence-corrected chi connectivity index (χ4v) is 1.99. The summed E-state index contributed by atoms with van der Waals surface area (Å²) in [6, 6.07) is 14.1. The van der Waals surface area contributed by atoms with Crippen LogP contribution < -0.4 is 5.32 Å². The number of hydrogen-bond donors (Lipinski definition) is 1. The van der Waals surface area contributed by atoms with Crippen LogP contribution in [-0.4, -0.2) is 18.5 Å². The van der Waals surface area contributed by atoms with Gasteiger partial charge in [-0.15, -0.1) is 0 Å². The van der Waals surface area contributed by atoms with E-state index in [1.807, 2.05) is 32.0 Å². The summed E-state index contributed by atoms with van der Waals surface area (Å²) in [5, 5.41) is 2.79. The lowest BCUT2D eigenvalue weighted by molar-refractivity contribution is 0.0505. The van der Waals surface area contributed by atoms with Gasteiger partial charge in [-0.3, -0.25) is 4.79 Å². The van der Waals surface area contributed by atoms with Crippen LogP contribution in [0.25, 0.3) is 0 Å². The van der Waals surface area contributed by atoms with Gasteiger partial charge in [0.25, 0.3) is 5.91 Å². The number of ether oxygens (including phenoxy) is 1. The zero-order valence-electron chi connectivity index (χ0n) is 12.8. The molecule has 4 heteroatoms. The van der Waals surface area contributed by atoms with Crippen LogP contribution in [0, 0.1) is 6.92 Å². The van der Waals surface area contributed by atoms with Crippen LogP contribution in [0.2, 0.25) is 0 Å². The number of aryl methyl sites for hydroxylation is 1. The predicted molar refractivity (Wildman–Crippen MR) is 86.1 cm³/mol. The van der Waals surface area contributed by atoms with Gasteiger partial charge in [0.05, 0.1) is 12.2 Å². The second-order valence-corrected chi connectivity index (χ2v) is 5.04. The van der Waals surface area contributed by atoms with E-state index in [-0.39, 0.29) is 11.9 Å². The standard InChI is InChI=1S/C18H19NO3/c1-3-10-22-18(21)15-8-5-9-16(12-15)19-17(20)14-7-4-6-13(2)11-14/h4-9,11-12H,3,10H2,1-2H3,(H,19,20). The summed E-state index contributed by atoms with van der Waals surface area (Å²) in [5.41, 5.74) is 2.59. The molecular formula is C18H19NO3. The molecule has 0 spiro atoms. The number of benzene rings is 2. The second-order valence-electron chi connectivity index (χ2n) is 5.04. The van der Waals surface area contributed by atoms with Gasteiger partial charge >= 0.3 is 5.97 Å². The molecule has 22 heavy (non-hydrogen) atoms. The smallest absolute Gasteiger partial charge is 0.338 e. The zero-order valence-corrected chi connectivity index (χ0v) is 12.8. The molecule has 1 amide bonds. The summed E-state index contributed by atoms with van der Waals surface area (Å²) >= 11 is 0. The number of carbonyl (C=O) groups excluding carboxylic acids is 2. The van der Waals surface area contributed by atoms with Crippen LogP contribution in [0.5, 0.6) is 0 Å². The lowest BCUT2D eigenvalue weighted by Gasteiger charge is -2.08. The third-order valence-electron chi connectivity index (χ3n) is 3.07. The number of hydrogen-bond acceptors (Lipinski definition) is 3. The normalized spacial score (nSPS) is 10.1. The molecule has 2 aromatic carbocycles. The summed E-state index contributed by atoms with van der Waals surface area (Å²) in [6.45, 7) is 4.26. The maximum atomic E-state index is 12.2. The minimum absolute atomic E-state index is 0.206. The minimum atomic E-state index is -0.381. The van der Waals surface area contributed by atoms with E-state index in [4.69, 9.17) is 4.74 Å². The summed E-state index contributed by atoms with van der Waals surface area (Å²) in [6.07, 6.45) is 0.773. The highest BCUT2D eigenvalue weighted by atomic mass is 16.5. The lowest BCUT2D eigenvalue weighted by atomic mass is 10.1. The molecule has 2 rings (SSSR count). The van der Waals surface area contributed by atoms with Crippen molar-refractivity contribution in [1.29, 1.82) is 0 Å². The fourth-order valence-electron chi connectivity index (χ4n) is 1.99. The zero-order chi connectivity index (χ0) is 15.9. The number of nitrogens with one attached hydrogen (secondary N) is 1. The molecule has 2 aromatic rings. The van der Waals surface area contributed by atoms with Gasteiger partial charge in [-0.1, -0.05) is 30.7 Å². The molecule has 0 aliphatic rings. The Balaban J connectivity index is 2.10. The second kappa shape index (κ2) is 7.41. The molecule has 0 fully saturated rings. The highest BCUT2D eigenvalue weighted by molar-refractivity contribution is 6.05. The number of anilines is 1. The average Bonchev–Trinajstić information content (AvgIpc) is 2.52. The van der Waals surface area contributed by atoms with Crippen LogP contribution in [0.15, 0.2) is 48.5 Å². The monoisotopic (exact) mass is 297 g/mol. The summed E-state index contributed by atoms with van der Waals surface area (Å²) in [5.74, 6) is -0.587. The van der Waals surface area contributed by atoms with Gasteiger partial charge in [-0.2, -0.15) is 0 Å². The highest BCUT2D eigenvalue weighted by Gasteiger charge is 2.10. The van der Waals surface area contributed by atoms with E-state index < -0.39 is 0 Å². The minimum Gasteiger partial charge on any atom is -0.462 e. The molecule has 0 aliphatic carbocycles. The highest BCUT2D eigenvalue weighted by Crippen LogP contribution is 2.14. The summed E-state index contributed by atoms with van der Waals surface area (Å²) in [4.78, 5) is 24.0. The Hall–Kier alpha value is -2.62. The molecule has 4 nitrogen and oxygen atoms in total. The Labute approximate surface area is 130 Å². The largest absolute Gasteiger partial charge is 0.462 e. The first-order valence-electron chi connectivity index (χ1n) is 7.25. The quantitative estimate of drug-likeness (QED) is 0.854. The van der Waals surface area contributed by atoms with Gasteiger partial charge in [-0.25, -0.2) is 4.79 Å². The Bertz CT molecular complexity index is 680. The van der Waals surface area contributed by atoms with E-state index in [9.17, 15) is 9.59 Å². The number of esters is 1. The first kappa shape index (κ1) is 15.8.